The molecule has 0 aromatic heterocycles. The molecule has 1 N–H and O–H groups in total. The summed E-state index contributed by atoms with van der Waals surface area (Å²) >= 11 is 0. The Morgan fingerprint density at radius 1 is 0.750 bits per heavy atom. The van der Waals surface area contributed by atoms with Crippen molar-refractivity contribution in [2.75, 3.05) is 0 Å². The molecule has 2 nitrogen and oxygen atoms in total. The van der Waals surface area contributed by atoms with Crippen LogP contribution in [-0.4, -0.2) is 5.11 Å². The van der Waals surface area contributed by atoms with Crippen LogP contribution in [0.15, 0.2) is 103 Å². The summed E-state index contributed by atoms with van der Waals surface area (Å²) in [5, 5.41) is 11.0. The Morgan fingerprint density at radius 3 is 2.12 bits per heavy atom. The fourth-order valence-electron chi connectivity index (χ4n) is 3.85. The minimum absolute atomic E-state index is 0.0707. The van der Waals surface area contributed by atoms with Crippen LogP contribution in [-0.2, 0) is 19.6 Å². The topological polar surface area (TPSA) is 29.5 Å². The molecule has 4 rings (SSSR count). The van der Waals surface area contributed by atoms with Crippen LogP contribution in [0.25, 0.3) is 0 Å². The first-order valence-corrected chi connectivity index (χ1v) is 12.1. The molecule has 0 saturated heterocycles. The van der Waals surface area contributed by atoms with E-state index in [4.69, 9.17) is 4.74 Å². The van der Waals surface area contributed by atoms with Gasteiger partial charge in [0, 0.05) is 11.2 Å². The lowest BCUT2D eigenvalue weighted by atomic mass is 10.0. The number of benzene rings is 4. The molecular weight excluding hydrogens is 411 g/mol. The number of hydrogen-bond donors (Lipinski definition) is 1. The maximum Gasteiger partial charge on any atom is 0.123 e. The maximum absolute atomic E-state index is 9.75. The summed E-state index contributed by atoms with van der Waals surface area (Å²) < 4.78 is 6.30. The van der Waals surface area contributed by atoms with E-state index in [0.29, 0.717) is 15.2 Å². The van der Waals surface area contributed by atoms with Gasteiger partial charge in [-0.2, -0.15) is 0 Å². The molecule has 3 heteroatoms. The molecule has 0 spiro atoms. The average molecular weight is 441 g/mol. The van der Waals surface area contributed by atoms with Gasteiger partial charge in [-0.15, -0.1) is 0 Å². The molecule has 4 aromatic carbocycles. The fourth-order valence-corrected chi connectivity index (χ4v) is 5.24. The zero-order valence-electron chi connectivity index (χ0n) is 18.4. The second kappa shape index (κ2) is 11.1. The van der Waals surface area contributed by atoms with Crippen molar-refractivity contribution in [3.63, 3.8) is 0 Å². The second-order valence-corrected chi connectivity index (χ2v) is 9.68. The van der Waals surface area contributed by atoms with Gasteiger partial charge in [0.1, 0.15) is 12.4 Å². The lowest BCUT2D eigenvalue weighted by molar-refractivity contribution is 0.283. The molecule has 0 amide bonds. The number of aliphatic hydroxyl groups excluding tert-OH is 1. The molecule has 4 aromatic rings. The van der Waals surface area contributed by atoms with Crippen LogP contribution in [0.5, 0.6) is 5.75 Å². The molecule has 0 radical (unpaired) electrons. The smallest absolute Gasteiger partial charge is 0.123 e. The van der Waals surface area contributed by atoms with Crippen LogP contribution in [0, 0.1) is 0 Å². The van der Waals surface area contributed by atoms with Crippen LogP contribution in [0.3, 0.4) is 0 Å². The lowest BCUT2D eigenvalue weighted by Gasteiger charge is -2.20. The molecule has 2 atom stereocenters. The van der Waals surface area contributed by atoms with Crippen molar-refractivity contribution in [3.05, 3.63) is 131 Å². The van der Waals surface area contributed by atoms with Gasteiger partial charge < -0.3 is 9.84 Å². The summed E-state index contributed by atoms with van der Waals surface area (Å²) in [6.07, 6.45) is 0.899. The van der Waals surface area contributed by atoms with Gasteiger partial charge in [-0.25, -0.2) is 0 Å². The molecule has 0 fully saturated rings. The first-order chi connectivity index (χ1) is 15.7. The van der Waals surface area contributed by atoms with Gasteiger partial charge in [0.25, 0.3) is 0 Å². The van der Waals surface area contributed by atoms with Gasteiger partial charge in [0.05, 0.1) is 6.61 Å². The Bertz CT molecular complexity index is 1130. The summed E-state index contributed by atoms with van der Waals surface area (Å²) in [6, 6.07) is 35.6. The first kappa shape index (κ1) is 22.3. The maximum atomic E-state index is 9.75. The predicted molar refractivity (Wildman–Crippen MR) is 135 cm³/mol. The quantitative estimate of drug-likeness (QED) is 0.305. The molecule has 0 aliphatic heterocycles. The van der Waals surface area contributed by atoms with Crippen molar-refractivity contribution in [1.29, 1.82) is 0 Å². The van der Waals surface area contributed by atoms with Crippen molar-refractivity contribution in [2.45, 2.75) is 32.2 Å². The monoisotopic (exact) mass is 440 g/mol. The lowest BCUT2D eigenvalue weighted by Crippen LogP contribution is -2.07. The highest BCUT2D eigenvalue weighted by atomic mass is 31.1. The first-order valence-electron chi connectivity index (χ1n) is 11.0. The third-order valence-corrected chi connectivity index (χ3v) is 7.13. The van der Waals surface area contributed by atoms with E-state index in [1.807, 2.05) is 36.4 Å². The SMILES string of the molecule is CC(Pc1ccccc1CO)c1cc(Cc2ccccc2)ccc1OCc1ccccc1. The Balaban J connectivity index is 1.61. The van der Waals surface area contributed by atoms with Crippen LogP contribution in [0.4, 0.5) is 0 Å². The molecule has 0 aliphatic carbocycles. The number of aliphatic hydroxyl groups is 1. The van der Waals surface area contributed by atoms with E-state index >= 15 is 0 Å². The molecule has 0 bridgehead atoms. The summed E-state index contributed by atoms with van der Waals surface area (Å²) in [6.45, 7) is 2.87. The standard InChI is InChI=1S/C29H29O2P/c1-22(32-29-15-9-8-14-26(29)20-30)27-19-25(18-23-10-4-2-5-11-23)16-17-28(27)31-21-24-12-6-3-7-13-24/h2-17,19,22,30,32H,18,20-21H2,1H3. The molecule has 32 heavy (non-hydrogen) atoms. The average Bonchev–Trinajstić information content (AvgIpc) is 2.85. The van der Waals surface area contributed by atoms with Crippen molar-refractivity contribution in [1.82, 2.24) is 0 Å². The summed E-state index contributed by atoms with van der Waals surface area (Å²) in [5.74, 6) is 0.937. The van der Waals surface area contributed by atoms with Gasteiger partial charge in [0.2, 0.25) is 0 Å². The van der Waals surface area contributed by atoms with E-state index in [0.717, 1.165) is 23.3 Å². The zero-order chi connectivity index (χ0) is 22.2. The number of rotatable bonds is 9. The van der Waals surface area contributed by atoms with Crippen LogP contribution >= 0.6 is 8.58 Å². The minimum atomic E-state index is 0.0707. The van der Waals surface area contributed by atoms with Crippen molar-refractivity contribution >= 4 is 13.9 Å². The molecule has 0 saturated carbocycles. The highest BCUT2D eigenvalue weighted by Gasteiger charge is 2.16. The third kappa shape index (κ3) is 5.85. The van der Waals surface area contributed by atoms with E-state index < -0.39 is 0 Å². The Hall–Kier alpha value is -2.93. The van der Waals surface area contributed by atoms with Crippen molar-refractivity contribution in [2.24, 2.45) is 0 Å². The summed E-state index contributed by atoms with van der Waals surface area (Å²) in [4.78, 5) is 0. The number of hydrogen-bond acceptors (Lipinski definition) is 2. The predicted octanol–water partition coefficient (Wildman–Crippen LogP) is 6.41. The van der Waals surface area contributed by atoms with Crippen LogP contribution in [0.2, 0.25) is 0 Å². The second-order valence-electron chi connectivity index (χ2n) is 7.99. The van der Waals surface area contributed by atoms with Crippen molar-refractivity contribution < 1.29 is 9.84 Å². The van der Waals surface area contributed by atoms with E-state index in [1.165, 1.54) is 22.0 Å². The summed E-state index contributed by atoms with van der Waals surface area (Å²) in [5.41, 5.74) is 6.25. The third-order valence-electron chi connectivity index (χ3n) is 5.59. The molecule has 0 heterocycles. The molecule has 2 unspecified atom stereocenters. The fraction of sp³-hybridized carbons (Fsp3) is 0.172. The number of ether oxygens (including phenoxy) is 1. The van der Waals surface area contributed by atoms with E-state index in [2.05, 4.69) is 73.7 Å². The Morgan fingerprint density at radius 2 is 1.41 bits per heavy atom. The van der Waals surface area contributed by atoms with Crippen LogP contribution in [0.1, 0.15) is 40.4 Å². The molecule has 162 valence electrons. The van der Waals surface area contributed by atoms with Gasteiger partial charge in [-0.3, -0.25) is 0 Å². The Labute approximate surface area is 192 Å². The zero-order valence-corrected chi connectivity index (χ0v) is 19.4. The van der Waals surface area contributed by atoms with E-state index in [1.54, 1.807) is 0 Å². The molecular formula is C29H29O2P. The van der Waals surface area contributed by atoms with E-state index in [-0.39, 0.29) is 12.3 Å². The largest absolute Gasteiger partial charge is 0.489 e. The van der Waals surface area contributed by atoms with Gasteiger partial charge in [0.15, 0.2) is 0 Å². The Kier molecular flexibility index (Phi) is 7.72. The van der Waals surface area contributed by atoms with Gasteiger partial charge >= 0.3 is 0 Å². The summed E-state index contributed by atoms with van der Waals surface area (Å²) in [7, 11) is 0.553. The van der Waals surface area contributed by atoms with E-state index in [9.17, 15) is 5.11 Å². The highest BCUT2D eigenvalue weighted by Crippen LogP contribution is 2.40. The van der Waals surface area contributed by atoms with Crippen molar-refractivity contribution in [3.8, 4) is 5.75 Å². The van der Waals surface area contributed by atoms with Gasteiger partial charge in [-0.05, 0) is 40.0 Å². The normalized spacial score (nSPS) is 12.2. The van der Waals surface area contributed by atoms with Gasteiger partial charge in [-0.1, -0.05) is 113 Å². The molecule has 0 aliphatic rings. The van der Waals surface area contributed by atoms with Crippen LogP contribution < -0.4 is 10.0 Å². The minimum Gasteiger partial charge on any atom is -0.489 e. The highest BCUT2D eigenvalue weighted by molar-refractivity contribution is 7.47.